The second-order valence-electron chi connectivity index (χ2n) is 3.50. The van der Waals surface area contributed by atoms with E-state index < -0.39 is 11.8 Å². The molecule has 0 bridgehead atoms. The maximum absolute atomic E-state index is 13.6. The Morgan fingerprint density at radius 2 is 2.21 bits per heavy atom. The summed E-state index contributed by atoms with van der Waals surface area (Å²) in [5, 5.41) is 2.87. The molecule has 0 aliphatic heterocycles. The van der Waals surface area contributed by atoms with E-state index >= 15 is 0 Å². The zero-order valence-electron chi connectivity index (χ0n) is 9.85. The van der Waals surface area contributed by atoms with Crippen LogP contribution in [0.3, 0.4) is 0 Å². The van der Waals surface area contributed by atoms with Crippen LogP contribution >= 0.6 is 11.6 Å². The van der Waals surface area contributed by atoms with E-state index in [0.29, 0.717) is 0 Å². The van der Waals surface area contributed by atoms with Crippen LogP contribution in [0.2, 0.25) is 5.02 Å². The molecule has 98 valence electrons. The van der Waals surface area contributed by atoms with E-state index in [1.54, 1.807) is 0 Å². The van der Waals surface area contributed by atoms with Crippen LogP contribution in [0, 0.1) is 5.82 Å². The predicted octanol–water partition coefficient (Wildman–Crippen LogP) is 2.80. The topological polar surface area (TPSA) is 64.1 Å². The van der Waals surface area contributed by atoms with Gasteiger partial charge in [0.1, 0.15) is 11.6 Å². The van der Waals surface area contributed by atoms with E-state index in [0.717, 1.165) is 0 Å². The summed E-state index contributed by atoms with van der Waals surface area (Å²) in [5.41, 5.74) is 0.0837. The molecule has 2 rings (SSSR count). The van der Waals surface area contributed by atoms with Gasteiger partial charge in [-0.05, 0) is 12.1 Å². The Morgan fingerprint density at radius 3 is 2.89 bits per heavy atom. The van der Waals surface area contributed by atoms with Crippen molar-refractivity contribution < 1.29 is 13.9 Å². The normalized spacial score (nSPS) is 10.1. The largest absolute Gasteiger partial charge is 0.464 e. The van der Waals surface area contributed by atoms with Crippen molar-refractivity contribution in [3.8, 4) is 0 Å². The second kappa shape index (κ2) is 5.62. The number of esters is 1. The van der Waals surface area contributed by atoms with Crippen molar-refractivity contribution in [3.63, 3.8) is 0 Å². The molecule has 19 heavy (non-hydrogen) atoms. The molecule has 7 heteroatoms. The Balaban J connectivity index is 2.31. The first-order valence-electron chi connectivity index (χ1n) is 5.23. The Morgan fingerprint density at radius 1 is 1.42 bits per heavy atom. The lowest BCUT2D eigenvalue weighted by atomic mass is 10.3. The Hall–Kier alpha value is -2.21. The average molecular weight is 282 g/mol. The SMILES string of the molecule is COC(=O)c1cncc(Nc2c(F)cccc2Cl)n1. The highest BCUT2D eigenvalue weighted by Crippen LogP contribution is 2.27. The van der Waals surface area contributed by atoms with Crippen LogP contribution < -0.4 is 5.32 Å². The van der Waals surface area contributed by atoms with Crippen LogP contribution in [0.5, 0.6) is 0 Å². The molecule has 1 aromatic carbocycles. The summed E-state index contributed by atoms with van der Waals surface area (Å²) in [6.45, 7) is 0. The Labute approximate surface area is 113 Å². The van der Waals surface area contributed by atoms with E-state index in [-0.39, 0.29) is 22.2 Å². The number of nitrogens with zero attached hydrogens (tertiary/aromatic N) is 2. The van der Waals surface area contributed by atoms with E-state index in [2.05, 4.69) is 20.0 Å². The van der Waals surface area contributed by atoms with Crippen molar-refractivity contribution in [1.82, 2.24) is 9.97 Å². The highest BCUT2D eigenvalue weighted by molar-refractivity contribution is 6.33. The van der Waals surface area contributed by atoms with Crippen LogP contribution in [0.4, 0.5) is 15.9 Å². The Bertz CT molecular complexity index is 601. The minimum Gasteiger partial charge on any atom is -0.464 e. The first-order chi connectivity index (χ1) is 9.11. The molecule has 1 heterocycles. The highest BCUT2D eigenvalue weighted by Gasteiger charge is 2.11. The van der Waals surface area contributed by atoms with Gasteiger partial charge in [-0.2, -0.15) is 0 Å². The fraction of sp³-hybridized carbons (Fsp3) is 0.0833. The molecule has 0 spiro atoms. The van der Waals surface area contributed by atoms with Crippen LogP contribution in [0.15, 0.2) is 30.6 Å². The highest BCUT2D eigenvalue weighted by atomic mass is 35.5. The lowest BCUT2D eigenvalue weighted by Gasteiger charge is -2.08. The van der Waals surface area contributed by atoms with Gasteiger partial charge >= 0.3 is 5.97 Å². The summed E-state index contributed by atoms with van der Waals surface area (Å²) in [6.07, 6.45) is 2.59. The zero-order chi connectivity index (χ0) is 13.8. The molecular weight excluding hydrogens is 273 g/mol. The summed E-state index contributed by atoms with van der Waals surface area (Å²) >= 11 is 5.87. The van der Waals surface area contributed by atoms with Crippen molar-refractivity contribution in [3.05, 3.63) is 47.1 Å². The maximum atomic E-state index is 13.6. The smallest absolute Gasteiger partial charge is 0.358 e. The number of nitrogens with one attached hydrogen (secondary N) is 1. The van der Waals surface area contributed by atoms with E-state index in [9.17, 15) is 9.18 Å². The van der Waals surface area contributed by atoms with Gasteiger partial charge in [-0.25, -0.2) is 14.2 Å². The lowest BCUT2D eigenvalue weighted by Crippen LogP contribution is -2.07. The van der Waals surface area contributed by atoms with Gasteiger partial charge in [-0.1, -0.05) is 17.7 Å². The number of carbonyl (C=O) groups excluding carboxylic acids is 1. The molecular formula is C12H9ClFN3O2. The number of anilines is 2. The van der Waals surface area contributed by atoms with Crippen molar-refractivity contribution in [1.29, 1.82) is 0 Å². The summed E-state index contributed by atoms with van der Waals surface area (Å²) in [7, 11) is 1.23. The number of ether oxygens (including phenoxy) is 1. The number of carbonyl (C=O) groups is 1. The van der Waals surface area contributed by atoms with Gasteiger partial charge in [0.05, 0.1) is 30.2 Å². The van der Waals surface area contributed by atoms with Crippen molar-refractivity contribution in [2.45, 2.75) is 0 Å². The molecule has 0 saturated heterocycles. The molecule has 0 aliphatic rings. The summed E-state index contributed by atoms with van der Waals surface area (Å²) < 4.78 is 18.1. The number of para-hydroxylation sites is 1. The van der Waals surface area contributed by atoms with Gasteiger partial charge in [0.2, 0.25) is 0 Å². The van der Waals surface area contributed by atoms with Gasteiger partial charge in [0, 0.05) is 0 Å². The number of aromatic nitrogens is 2. The van der Waals surface area contributed by atoms with Gasteiger partial charge in [-0.3, -0.25) is 4.98 Å². The van der Waals surface area contributed by atoms with Crippen LogP contribution in [-0.4, -0.2) is 23.0 Å². The zero-order valence-corrected chi connectivity index (χ0v) is 10.6. The molecule has 0 aliphatic carbocycles. The minimum atomic E-state index is -0.629. The molecule has 1 N–H and O–H groups in total. The van der Waals surface area contributed by atoms with Crippen LogP contribution in [0.1, 0.15) is 10.5 Å². The van der Waals surface area contributed by atoms with Crippen LogP contribution in [0.25, 0.3) is 0 Å². The monoisotopic (exact) mass is 281 g/mol. The third kappa shape index (κ3) is 2.97. The number of methoxy groups -OCH3 is 1. The van der Waals surface area contributed by atoms with Crippen molar-refractivity contribution >= 4 is 29.1 Å². The quantitative estimate of drug-likeness (QED) is 0.877. The standard InChI is InChI=1S/C12H9ClFN3O2/c1-19-12(18)9-5-15-6-10(16-9)17-11-7(13)3-2-4-8(11)14/h2-6H,1H3,(H,16,17). The molecule has 5 nitrogen and oxygen atoms in total. The maximum Gasteiger partial charge on any atom is 0.358 e. The number of benzene rings is 1. The molecule has 0 saturated carbocycles. The van der Waals surface area contributed by atoms with Gasteiger partial charge in [0.25, 0.3) is 0 Å². The minimum absolute atomic E-state index is 0.0139. The van der Waals surface area contributed by atoms with Crippen LogP contribution in [-0.2, 0) is 4.74 Å². The summed E-state index contributed by atoms with van der Waals surface area (Å²) in [5.74, 6) is -0.969. The molecule has 0 atom stereocenters. The third-order valence-corrected chi connectivity index (χ3v) is 2.56. The molecule has 0 radical (unpaired) electrons. The fourth-order valence-electron chi connectivity index (χ4n) is 1.37. The fourth-order valence-corrected chi connectivity index (χ4v) is 1.58. The first kappa shape index (κ1) is 13.2. The molecule has 0 unspecified atom stereocenters. The van der Waals surface area contributed by atoms with Gasteiger partial charge < -0.3 is 10.1 Å². The number of hydrogen-bond donors (Lipinski definition) is 1. The van der Waals surface area contributed by atoms with E-state index in [4.69, 9.17) is 11.6 Å². The van der Waals surface area contributed by atoms with Gasteiger partial charge in [-0.15, -0.1) is 0 Å². The number of halogens is 2. The van der Waals surface area contributed by atoms with Crippen molar-refractivity contribution in [2.24, 2.45) is 0 Å². The third-order valence-electron chi connectivity index (χ3n) is 2.24. The average Bonchev–Trinajstić information content (AvgIpc) is 2.42. The van der Waals surface area contributed by atoms with E-state index in [1.807, 2.05) is 0 Å². The molecule has 2 aromatic rings. The number of hydrogen-bond acceptors (Lipinski definition) is 5. The van der Waals surface area contributed by atoms with E-state index in [1.165, 1.54) is 37.7 Å². The predicted molar refractivity (Wildman–Crippen MR) is 68.1 cm³/mol. The Kier molecular flexibility index (Phi) is 3.91. The van der Waals surface area contributed by atoms with Gasteiger partial charge in [0.15, 0.2) is 5.69 Å². The number of rotatable bonds is 3. The molecule has 1 aromatic heterocycles. The summed E-state index contributed by atoms with van der Waals surface area (Å²) in [4.78, 5) is 19.1. The molecule has 0 amide bonds. The summed E-state index contributed by atoms with van der Waals surface area (Å²) in [6, 6.07) is 4.27. The van der Waals surface area contributed by atoms with Crippen molar-refractivity contribution in [2.75, 3.05) is 12.4 Å². The lowest BCUT2D eigenvalue weighted by molar-refractivity contribution is 0.0593. The second-order valence-corrected chi connectivity index (χ2v) is 3.91. The first-order valence-corrected chi connectivity index (χ1v) is 5.61. The molecule has 0 fully saturated rings.